The van der Waals surface area contributed by atoms with E-state index < -0.39 is 0 Å². The van der Waals surface area contributed by atoms with Crippen LogP contribution in [0.25, 0.3) is 0 Å². The van der Waals surface area contributed by atoms with Crippen molar-refractivity contribution < 1.29 is 0 Å². The molecule has 3 heterocycles. The third kappa shape index (κ3) is 5.84. The Labute approximate surface area is 177 Å². The largest absolute Gasteiger partial charge is 0.363 e. The minimum Gasteiger partial charge on any atom is -0.363 e. The quantitative estimate of drug-likeness (QED) is 0.387. The lowest BCUT2D eigenvalue weighted by Gasteiger charge is -2.33. The van der Waals surface area contributed by atoms with E-state index in [1.165, 1.54) is 16.1 Å². The minimum atomic E-state index is 0. The van der Waals surface area contributed by atoms with Crippen LogP contribution in [0.1, 0.15) is 24.0 Å². The zero-order valence-electron chi connectivity index (χ0n) is 15.4. The predicted octanol–water partition coefficient (Wildman–Crippen LogP) is 3.45. The van der Waals surface area contributed by atoms with Gasteiger partial charge in [0, 0.05) is 45.1 Å². The van der Waals surface area contributed by atoms with Gasteiger partial charge in [0.25, 0.3) is 0 Å². The third-order valence-electron chi connectivity index (χ3n) is 4.70. The van der Waals surface area contributed by atoms with Gasteiger partial charge < -0.3 is 15.5 Å². The Kier molecular flexibility index (Phi) is 8.64. The van der Waals surface area contributed by atoms with Crippen molar-refractivity contribution in [2.75, 3.05) is 31.6 Å². The minimum absolute atomic E-state index is 0. The Balaban J connectivity index is 0.00000243. The van der Waals surface area contributed by atoms with Crippen molar-refractivity contribution in [1.29, 1.82) is 0 Å². The van der Waals surface area contributed by atoms with Crippen molar-refractivity contribution in [3.8, 4) is 0 Å². The summed E-state index contributed by atoms with van der Waals surface area (Å²) in [4.78, 5) is 11.0. The average Bonchev–Trinajstić information content (AvgIpc) is 3.17. The van der Waals surface area contributed by atoms with Crippen LogP contribution in [-0.2, 0) is 6.42 Å². The molecular formula is C19H28IN5S. The molecule has 0 radical (unpaired) electrons. The van der Waals surface area contributed by atoms with Gasteiger partial charge in [-0.2, -0.15) is 0 Å². The molecule has 0 unspecified atom stereocenters. The molecule has 2 aromatic rings. The Morgan fingerprint density at radius 1 is 1.35 bits per heavy atom. The summed E-state index contributed by atoms with van der Waals surface area (Å²) < 4.78 is 0. The normalized spacial score (nSPS) is 15.5. The summed E-state index contributed by atoms with van der Waals surface area (Å²) in [5, 5.41) is 10.5. The summed E-state index contributed by atoms with van der Waals surface area (Å²) in [6.45, 7) is 5.19. The number of nitrogens with one attached hydrogen (secondary N) is 2. The predicted molar refractivity (Wildman–Crippen MR) is 122 cm³/mol. The smallest absolute Gasteiger partial charge is 0.191 e. The van der Waals surface area contributed by atoms with E-state index in [0.29, 0.717) is 6.04 Å². The number of rotatable bonds is 5. The fraction of sp³-hybridized carbons (Fsp3) is 0.474. The summed E-state index contributed by atoms with van der Waals surface area (Å²) in [6.07, 6.45) is 7.04. The molecule has 3 rings (SSSR count). The SMILES string of the molecule is CN=C(NCCc1ccncc1C)NC1CCN(c2cccs2)CC1.I. The van der Waals surface area contributed by atoms with E-state index in [1.807, 2.05) is 30.8 Å². The second kappa shape index (κ2) is 10.7. The number of nitrogens with zero attached hydrogens (tertiary/aromatic N) is 3. The van der Waals surface area contributed by atoms with E-state index in [9.17, 15) is 0 Å². The monoisotopic (exact) mass is 485 g/mol. The van der Waals surface area contributed by atoms with Crippen LogP contribution in [0.4, 0.5) is 5.00 Å². The van der Waals surface area contributed by atoms with Crippen LogP contribution in [0.2, 0.25) is 0 Å². The molecule has 0 bridgehead atoms. The molecule has 2 aromatic heterocycles. The van der Waals surface area contributed by atoms with Gasteiger partial charge in [0.15, 0.2) is 5.96 Å². The summed E-state index contributed by atoms with van der Waals surface area (Å²) in [5.41, 5.74) is 2.58. The molecule has 5 nitrogen and oxygen atoms in total. The highest BCUT2D eigenvalue weighted by atomic mass is 127. The number of aryl methyl sites for hydroxylation is 1. The van der Waals surface area contributed by atoms with Gasteiger partial charge in [-0.1, -0.05) is 0 Å². The van der Waals surface area contributed by atoms with Gasteiger partial charge in [0.05, 0.1) is 5.00 Å². The number of aromatic nitrogens is 1. The molecule has 1 aliphatic heterocycles. The number of thiophene rings is 1. The lowest BCUT2D eigenvalue weighted by molar-refractivity contribution is 0.463. The molecule has 1 aliphatic rings. The van der Waals surface area contributed by atoms with Crippen LogP contribution < -0.4 is 15.5 Å². The molecule has 0 atom stereocenters. The van der Waals surface area contributed by atoms with Crippen molar-refractivity contribution >= 4 is 46.3 Å². The zero-order chi connectivity index (χ0) is 17.5. The van der Waals surface area contributed by atoms with E-state index in [-0.39, 0.29) is 24.0 Å². The second-order valence-electron chi connectivity index (χ2n) is 6.41. The summed E-state index contributed by atoms with van der Waals surface area (Å²) >= 11 is 1.82. The topological polar surface area (TPSA) is 52.6 Å². The van der Waals surface area contributed by atoms with Crippen molar-refractivity contribution in [2.45, 2.75) is 32.2 Å². The number of pyridine rings is 1. The number of hydrogen-bond donors (Lipinski definition) is 2. The van der Waals surface area contributed by atoms with Gasteiger partial charge in [0.1, 0.15) is 0 Å². The van der Waals surface area contributed by atoms with Crippen molar-refractivity contribution in [3.05, 3.63) is 47.1 Å². The first-order valence-corrected chi connectivity index (χ1v) is 9.79. The Bertz CT molecular complexity index is 681. The first kappa shape index (κ1) is 21.0. The van der Waals surface area contributed by atoms with Gasteiger partial charge in [-0.05, 0) is 60.9 Å². The molecule has 142 valence electrons. The maximum absolute atomic E-state index is 4.38. The molecule has 2 N–H and O–H groups in total. The van der Waals surface area contributed by atoms with E-state index in [0.717, 1.165) is 44.9 Å². The molecule has 0 saturated carbocycles. The van der Waals surface area contributed by atoms with Crippen LogP contribution in [-0.4, -0.2) is 43.7 Å². The van der Waals surface area contributed by atoms with E-state index in [4.69, 9.17) is 0 Å². The van der Waals surface area contributed by atoms with Crippen LogP contribution in [0.5, 0.6) is 0 Å². The van der Waals surface area contributed by atoms with Gasteiger partial charge in [-0.25, -0.2) is 0 Å². The molecule has 26 heavy (non-hydrogen) atoms. The Morgan fingerprint density at radius 2 is 2.15 bits per heavy atom. The van der Waals surface area contributed by atoms with Crippen LogP contribution in [0.15, 0.2) is 41.0 Å². The number of halogens is 1. The first-order chi connectivity index (χ1) is 12.3. The fourth-order valence-electron chi connectivity index (χ4n) is 3.18. The molecular weight excluding hydrogens is 457 g/mol. The van der Waals surface area contributed by atoms with E-state index >= 15 is 0 Å². The van der Waals surface area contributed by atoms with E-state index in [1.54, 1.807) is 0 Å². The van der Waals surface area contributed by atoms with Crippen LogP contribution in [0.3, 0.4) is 0 Å². The van der Waals surface area contributed by atoms with Gasteiger partial charge in [-0.3, -0.25) is 9.98 Å². The zero-order valence-corrected chi connectivity index (χ0v) is 18.6. The highest BCUT2D eigenvalue weighted by Crippen LogP contribution is 2.24. The van der Waals surface area contributed by atoms with Crippen molar-refractivity contribution in [3.63, 3.8) is 0 Å². The van der Waals surface area contributed by atoms with Crippen LogP contribution >= 0.6 is 35.3 Å². The Morgan fingerprint density at radius 3 is 2.81 bits per heavy atom. The number of aliphatic imine (C=N–C) groups is 1. The summed E-state index contributed by atoms with van der Waals surface area (Å²) in [5.74, 6) is 0.904. The van der Waals surface area contributed by atoms with Gasteiger partial charge >= 0.3 is 0 Å². The molecule has 7 heteroatoms. The van der Waals surface area contributed by atoms with Crippen LogP contribution in [0, 0.1) is 6.92 Å². The summed E-state index contributed by atoms with van der Waals surface area (Å²) in [6, 6.07) is 6.92. The molecule has 1 fully saturated rings. The average molecular weight is 485 g/mol. The number of hydrogen-bond acceptors (Lipinski definition) is 4. The maximum atomic E-state index is 4.38. The standard InChI is InChI=1S/C19H27N5S.HI/c1-15-14-21-9-5-16(15)6-10-22-19(20-2)23-17-7-11-24(12-8-17)18-4-3-13-25-18;/h3-5,9,13-14,17H,6-8,10-12H2,1-2H3,(H2,20,22,23);1H. The molecule has 0 amide bonds. The van der Waals surface area contributed by atoms with E-state index in [2.05, 4.69) is 56.0 Å². The lowest BCUT2D eigenvalue weighted by Crippen LogP contribution is -2.49. The van der Waals surface area contributed by atoms with Crippen molar-refractivity contribution in [2.24, 2.45) is 4.99 Å². The lowest BCUT2D eigenvalue weighted by atomic mass is 10.1. The molecule has 0 aliphatic carbocycles. The maximum Gasteiger partial charge on any atom is 0.191 e. The number of piperidine rings is 1. The molecule has 1 saturated heterocycles. The molecule has 0 aromatic carbocycles. The second-order valence-corrected chi connectivity index (χ2v) is 7.33. The van der Waals surface area contributed by atoms with Gasteiger partial charge in [-0.15, -0.1) is 35.3 Å². The van der Waals surface area contributed by atoms with Gasteiger partial charge in [0.2, 0.25) is 0 Å². The van der Waals surface area contributed by atoms with Crippen molar-refractivity contribution in [1.82, 2.24) is 15.6 Å². The number of guanidine groups is 1. The fourth-order valence-corrected chi connectivity index (χ4v) is 3.97. The Hall–Kier alpha value is -1.35. The first-order valence-electron chi connectivity index (χ1n) is 8.91. The highest BCUT2D eigenvalue weighted by molar-refractivity contribution is 14.0. The molecule has 0 spiro atoms. The third-order valence-corrected chi connectivity index (χ3v) is 5.63. The summed E-state index contributed by atoms with van der Waals surface area (Å²) in [7, 11) is 1.84. The highest BCUT2D eigenvalue weighted by Gasteiger charge is 2.20. The number of anilines is 1.